The van der Waals surface area contributed by atoms with Crippen LogP contribution in [0.5, 0.6) is 0 Å². The van der Waals surface area contributed by atoms with Crippen molar-refractivity contribution in [1.82, 2.24) is 14.8 Å². The molecule has 1 saturated heterocycles. The molecular weight excluding hydrogens is 282 g/mol. The van der Waals surface area contributed by atoms with Gasteiger partial charge in [-0.3, -0.25) is 4.90 Å². The molecule has 0 amide bonds. The van der Waals surface area contributed by atoms with Crippen molar-refractivity contribution in [1.29, 1.82) is 0 Å². The number of aromatic nitrogens is 1. The molecule has 0 aromatic carbocycles. The van der Waals surface area contributed by atoms with Gasteiger partial charge in [-0.25, -0.2) is 4.98 Å². The maximum Gasteiger partial charge on any atom is 0.0929 e. The van der Waals surface area contributed by atoms with Gasteiger partial charge in [0.05, 0.1) is 23.2 Å². The van der Waals surface area contributed by atoms with Gasteiger partial charge in [-0.2, -0.15) is 0 Å². The molecule has 1 aliphatic rings. The van der Waals surface area contributed by atoms with Gasteiger partial charge in [0, 0.05) is 44.5 Å². The van der Waals surface area contributed by atoms with E-state index in [2.05, 4.69) is 20.2 Å². The van der Waals surface area contributed by atoms with Gasteiger partial charge in [-0.1, -0.05) is 0 Å². The number of β-amino-alcohol motifs (C(OH)–C–C–N with tert-alkyl or cyclic N) is 1. The Morgan fingerprint density at radius 3 is 2.47 bits per heavy atom. The molecule has 0 unspecified atom stereocenters. The van der Waals surface area contributed by atoms with Crippen LogP contribution >= 0.6 is 22.9 Å². The highest BCUT2D eigenvalue weighted by molar-refractivity contribution is 7.09. The van der Waals surface area contributed by atoms with E-state index in [4.69, 9.17) is 16.7 Å². The Balaban J connectivity index is 1.61. The molecule has 0 spiro atoms. The van der Waals surface area contributed by atoms with E-state index in [1.165, 1.54) is 5.01 Å². The lowest BCUT2D eigenvalue weighted by Gasteiger charge is -2.34. The molecule has 6 heteroatoms. The number of aliphatic hydroxyl groups is 1. The largest absolute Gasteiger partial charge is 0.395 e. The summed E-state index contributed by atoms with van der Waals surface area (Å²) >= 11 is 7.47. The molecule has 0 atom stereocenters. The zero-order valence-corrected chi connectivity index (χ0v) is 12.8. The van der Waals surface area contributed by atoms with Gasteiger partial charge in [0.1, 0.15) is 0 Å². The molecule has 2 rings (SSSR count). The predicted molar refractivity (Wildman–Crippen MR) is 80.0 cm³/mol. The lowest BCUT2D eigenvalue weighted by Crippen LogP contribution is -2.47. The lowest BCUT2D eigenvalue weighted by molar-refractivity contribution is 0.112. The summed E-state index contributed by atoms with van der Waals surface area (Å²) in [5.74, 6) is 0.517. The molecule has 1 N–H and O–H groups in total. The number of aliphatic hydroxyl groups excluding tert-OH is 1. The van der Waals surface area contributed by atoms with Crippen LogP contribution in [0.15, 0.2) is 5.38 Å². The van der Waals surface area contributed by atoms with Crippen molar-refractivity contribution in [3.05, 3.63) is 16.1 Å². The molecular formula is C13H22ClN3OS. The van der Waals surface area contributed by atoms with E-state index >= 15 is 0 Å². The Labute approximate surface area is 124 Å². The van der Waals surface area contributed by atoms with E-state index < -0.39 is 0 Å². The number of halogens is 1. The zero-order valence-electron chi connectivity index (χ0n) is 11.2. The van der Waals surface area contributed by atoms with Crippen LogP contribution in [0.1, 0.15) is 17.1 Å². The van der Waals surface area contributed by atoms with E-state index in [0.717, 1.165) is 57.8 Å². The second-order valence-electron chi connectivity index (χ2n) is 4.88. The van der Waals surface area contributed by atoms with Crippen LogP contribution < -0.4 is 0 Å². The van der Waals surface area contributed by atoms with Gasteiger partial charge < -0.3 is 10.0 Å². The second kappa shape index (κ2) is 8.17. The lowest BCUT2D eigenvalue weighted by atomic mass is 10.2. The third-order valence-electron chi connectivity index (χ3n) is 3.48. The summed E-state index contributed by atoms with van der Waals surface area (Å²) < 4.78 is 0. The number of piperazine rings is 1. The number of alkyl halides is 1. The molecule has 0 aliphatic carbocycles. The van der Waals surface area contributed by atoms with Gasteiger partial charge in [0.25, 0.3) is 0 Å². The Hall–Kier alpha value is -0.200. The van der Waals surface area contributed by atoms with Crippen molar-refractivity contribution in [2.24, 2.45) is 0 Å². The van der Waals surface area contributed by atoms with E-state index in [-0.39, 0.29) is 6.61 Å². The van der Waals surface area contributed by atoms with Crippen LogP contribution in [0.2, 0.25) is 0 Å². The van der Waals surface area contributed by atoms with Crippen molar-refractivity contribution in [3.8, 4) is 0 Å². The summed E-state index contributed by atoms with van der Waals surface area (Å²) in [7, 11) is 0. The van der Waals surface area contributed by atoms with Crippen LogP contribution in [0.3, 0.4) is 0 Å². The summed E-state index contributed by atoms with van der Waals surface area (Å²) in [4.78, 5) is 9.31. The zero-order chi connectivity index (χ0) is 13.5. The second-order valence-corrected chi connectivity index (χ2v) is 6.09. The Bertz CT molecular complexity index is 367. The first-order chi connectivity index (χ1) is 9.31. The van der Waals surface area contributed by atoms with Crippen molar-refractivity contribution >= 4 is 22.9 Å². The summed E-state index contributed by atoms with van der Waals surface area (Å²) in [5, 5.41) is 12.2. The quantitative estimate of drug-likeness (QED) is 0.774. The minimum atomic E-state index is 0.271. The van der Waals surface area contributed by atoms with Crippen LogP contribution in [0.4, 0.5) is 0 Å². The summed E-state index contributed by atoms with van der Waals surface area (Å²) in [6, 6.07) is 0. The van der Waals surface area contributed by atoms with Gasteiger partial charge in [0.15, 0.2) is 0 Å². The highest BCUT2D eigenvalue weighted by Gasteiger charge is 2.15. The summed E-state index contributed by atoms with van der Waals surface area (Å²) in [5.41, 5.74) is 0.999. The normalized spacial score (nSPS) is 18.0. The van der Waals surface area contributed by atoms with Crippen molar-refractivity contribution in [2.45, 2.75) is 18.7 Å². The SMILES string of the molecule is OCCN1CCN(CCCc2nc(CCl)cs2)CC1. The molecule has 4 nitrogen and oxygen atoms in total. The Morgan fingerprint density at radius 1 is 1.21 bits per heavy atom. The third-order valence-corrected chi connectivity index (χ3v) is 4.71. The molecule has 2 heterocycles. The van der Waals surface area contributed by atoms with Gasteiger partial charge in [-0.15, -0.1) is 22.9 Å². The van der Waals surface area contributed by atoms with Crippen LogP contribution in [-0.2, 0) is 12.3 Å². The smallest absolute Gasteiger partial charge is 0.0929 e. The first-order valence-corrected chi connectivity index (χ1v) is 8.28. The average Bonchev–Trinajstić information content (AvgIpc) is 2.89. The number of hydrogen-bond acceptors (Lipinski definition) is 5. The van der Waals surface area contributed by atoms with Gasteiger partial charge in [0.2, 0.25) is 0 Å². The summed E-state index contributed by atoms with van der Waals surface area (Å²) in [6.45, 7) is 6.61. The Kier molecular flexibility index (Phi) is 6.53. The minimum absolute atomic E-state index is 0.271. The van der Waals surface area contributed by atoms with Crippen molar-refractivity contribution < 1.29 is 5.11 Å². The number of nitrogens with zero attached hydrogens (tertiary/aromatic N) is 3. The molecule has 1 aliphatic heterocycles. The van der Waals surface area contributed by atoms with Gasteiger partial charge in [-0.05, 0) is 13.0 Å². The monoisotopic (exact) mass is 303 g/mol. The average molecular weight is 304 g/mol. The maximum atomic E-state index is 8.90. The first-order valence-electron chi connectivity index (χ1n) is 6.86. The molecule has 1 fully saturated rings. The van der Waals surface area contributed by atoms with E-state index in [0.29, 0.717) is 5.88 Å². The van der Waals surface area contributed by atoms with Crippen LogP contribution in [0.25, 0.3) is 0 Å². The molecule has 19 heavy (non-hydrogen) atoms. The van der Waals surface area contributed by atoms with Crippen molar-refractivity contribution in [3.63, 3.8) is 0 Å². The van der Waals surface area contributed by atoms with E-state index in [1.54, 1.807) is 11.3 Å². The third kappa shape index (κ3) is 5.00. The highest BCUT2D eigenvalue weighted by atomic mass is 35.5. The van der Waals surface area contributed by atoms with E-state index in [9.17, 15) is 0 Å². The Morgan fingerprint density at radius 2 is 1.89 bits per heavy atom. The number of hydrogen-bond donors (Lipinski definition) is 1. The maximum absolute atomic E-state index is 8.90. The molecule has 1 aromatic rings. The van der Waals surface area contributed by atoms with Crippen molar-refractivity contribution in [2.75, 3.05) is 45.9 Å². The minimum Gasteiger partial charge on any atom is -0.395 e. The van der Waals surface area contributed by atoms with Crippen LogP contribution in [-0.4, -0.2) is 65.8 Å². The number of thiazole rings is 1. The van der Waals surface area contributed by atoms with Gasteiger partial charge >= 0.3 is 0 Å². The number of aryl methyl sites for hydroxylation is 1. The van der Waals surface area contributed by atoms with E-state index in [1.807, 2.05) is 0 Å². The fraction of sp³-hybridized carbons (Fsp3) is 0.769. The van der Waals surface area contributed by atoms with Crippen LogP contribution in [0, 0.1) is 0 Å². The highest BCUT2D eigenvalue weighted by Crippen LogP contribution is 2.14. The standard InChI is InChI=1S/C13H22ClN3OS/c14-10-12-11-19-13(15-12)2-1-3-16-4-6-17(7-5-16)8-9-18/h11,18H,1-10H2. The molecule has 1 aromatic heterocycles. The summed E-state index contributed by atoms with van der Waals surface area (Å²) in [6.07, 6.45) is 2.22. The fourth-order valence-corrected chi connectivity index (χ4v) is 3.43. The number of rotatable bonds is 7. The predicted octanol–water partition coefficient (Wildman–Crippen LogP) is 1.42. The molecule has 0 bridgehead atoms. The first kappa shape index (κ1) is 15.2. The topological polar surface area (TPSA) is 39.6 Å². The molecule has 0 saturated carbocycles. The molecule has 108 valence electrons. The molecule has 0 radical (unpaired) electrons. The fourth-order valence-electron chi connectivity index (χ4n) is 2.36.